The van der Waals surface area contributed by atoms with Gasteiger partial charge in [0.05, 0.1) is 12.1 Å². The van der Waals surface area contributed by atoms with Crippen LogP contribution in [0.15, 0.2) is 42.2 Å². The Morgan fingerprint density at radius 3 is 3.00 bits per heavy atom. The van der Waals surface area contributed by atoms with Crippen molar-refractivity contribution in [1.82, 2.24) is 9.55 Å². The summed E-state index contributed by atoms with van der Waals surface area (Å²) in [5.41, 5.74) is 10.4. The zero-order valence-electron chi connectivity index (χ0n) is 10.9. The first-order valence-corrected chi connectivity index (χ1v) is 7.31. The molecule has 2 heterocycles. The SMILES string of the molecule is CC(N)Cc1cccc2c1ccn2Cc1cncs1. The molecule has 2 aromatic heterocycles. The summed E-state index contributed by atoms with van der Waals surface area (Å²) in [6.07, 6.45) is 5.00. The minimum Gasteiger partial charge on any atom is -0.342 e. The lowest BCUT2D eigenvalue weighted by molar-refractivity contribution is 0.741. The summed E-state index contributed by atoms with van der Waals surface area (Å²) < 4.78 is 2.27. The highest BCUT2D eigenvalue weighted by atomic mass is 32.1. The molecule has 0 amide bonds. The van der Waals surface area contributed by atoms with E-state index in [2.05, 4.69) is 40.0 Å². The van der Waals surface area contributed by atoms with E-state index in [-0.39, 0.29) is 6.04 Å². The van der Waals surface area contributed by atoms with Crippen LogP contribution in [-0.2, 0) is 13.0 Å². The lowest BCUT2D eigenvalue weighted by Crippen LogP contribution is -2.17. The number of nitrogens with zero attached hydrogens (tertiary/aromatic N) is 2. The molecule has 3 aromatic rings. The first kappa shape index (κ1) is 12.4. The maximum absolute atomic E-state index is 5.92. The summed E-state index contributed by atoms with van der Waals surface area (Å²) in [6.45, 7) is 2.93. The number of thiazole rings is 1. The summed E-state index contributed by atoms with van der Waals surface area (Å²) in [6, 6.07) is 8.83. The van der Waals surface area contributed by atoms with E-state index >= 15 is 0 Å². The summed E-state index contributed by atoms with van der Waals surface area (Å²) in [5.74, 6) is 0. The van der Waals surface area contributed by atoms with Gasteiger partial charge in [0.1, 0.15) is 0 Å². The van der Waals surface area contributed by atoms with Crippen molar-refractivity contribution in [3.8, 4) is 0 Å². The van der Waals surface area contributed by atoms with Gasteiger partial charge in [-0.05, 0) is 31.0 Å². The molecule has 1 aromatic carbocycles. The molecule has 3 nitrogen and oxygen atoms in total. The van der Waals surface area contributed by atoms with Crippen molar-refractivity contribution in [3.63, 3.8) is 0 Å². The summed E-state index contributed by atoms with van der Waals surface area (Å²) >= 11 is 1.69. The third-order valence-corrected chi connectivity index (χ3v) is 4.02. The third kappa shape index (κ3) is 2.55. The van der Waals surface area contributed by atoms with Gasteiger partial charge in [-0.3, -0.25) is 4.98 Å². The number of fused-ring (bicyclic) bond motifs is 1. The highest BCUT2D eigenvalue weighted by molar-refractivity contribution is 7.09. The van der Waals surface area contributed by atoms with Crippen LogP contribution in [0.3, 0.4) is 0 Å². The minimum absolute atomic E-state index is 0.190. The summed E-state index contributed by atoms with van der Waals surface area (Å²) in [4.78, 5) is 5.40. The molecule has 98 valence electrons. The second-order valence-corrected chi connectivity index (χ2v) is 5.91. The number of benzene rings is 1. The summed E-state index contributed by atoms with van der Waals surface area (Å²) in [7, 11) is 0. The Balaban J connectivity index is 1.99. The standard InChI is InChI=1S/C15H17N3S/c1-11(16)7-12-3-2-4-15-14(12)5-6-18(15)9-13-8-17-10-19-13/h2-6,8,10-11H,7,9,16H2,1H3. The van der Waals surface area contributed by atoms with Gasteiger partial charge in [-0.2, -0.15) is 0 Å². The zero-order valence-corrected chi connectivity index (χ0v) is 11.7. The third-order valence-electron chi connectivity index (χ3n) is 3.26. The lowest BCUT2D eigenvalue weighted by Gasteiger charge is -2.08. The normalized spacial score (nSPS) is 12.9. The van der Waals surface area contributed by atoms with Gasteiger partial charge in [-0.1, -0.05) is 12.1 Å². The minimum atomic E-state index is 0.190. The fourth-order valence-electron chi connectivity index (χ4n) is 2.44. The first-order chi connectivity index (χ1) is 9.24. The fourth-order valence-corrected chi connectivity index (χ4v) is 3.03. The van der Waals surface area contributed by atoms with Gasteiger partial charge in [0.2, 0.25) is 0 Å². The van der Waals surface area contributed by atoms with Crippen molar-refractivity contribution >= 4 is 22.2 Å². The quantitative estimate of drug-likeness (QED) is 0.792. The highest BCUT2D eigenvalue weighted by Crippen LogP contribution is 2.22. The molecular weight excluding hydrogens is 254 g/mol. The van der Waals surface area contributed by atoms with Crippen LogP contribution < -0.4 is 5.73 Å². The zero-order chi connectivity index (χ0) is 13.2. The molecular formula is C15H17N3S. The van der Waals surface area contributed by atoms with Gasteiger partial charge in [0.15, 0.2) is 0 Å². The van der Waals surface area contributed by atoms with E-state index in [0.29, 0.717) is 0 Å². The molecule has 1 unspecified atom stereocenters. The van der Waals surface area contributed by atoms with E-state index in [9.17, 15) is 0 Å². The average molecular weight is 271 g/mol. The van der Waals surface area contributed by atoms with Crippen LogP contribution >= 0.6 is 11.3 Å². The second kappa shape index (κ2) is 5.15. The molecule has 3 rings (SSSR count). The molecule has 0 aliphatic heterocycles. The smallest absolute Gasteiger partial charge is 0.0794 e. The molecule has 0 fully saturated rings. The maximum Gasteiger partial charge on any atom is 0.0794 e. The maximum atomic E-state index is 5.92. The van der Waals surface area contributed by atoms with Crippen LogP contribution in [0.5, 0.6) is 0 Å². The fraction of sp³-hybridized carbons (Fsp3) is 0.267. The van der Waals surface area contributed by atoms with Gasteiger partial charge in [-0.25, -0.2) is 0 Å². The van der Waals surface area contributed by atoms with E-state index in [0.717, 1.165) is 13.0 Å². The first-order valence-electron chi connectivity index (χ1n) is 6.43. The van der Waals surface area contributed by atoms with Crippen molar-refractivity contribution in [2.75, 3.05) is 0 Å². The molecule has 1 atom stereocenters. The largest absolute Gasteiger partial charge is 0.342 e. The summed E-state index contributed by atoms with van der Waals surface area (Å²) in [5, 5.41) is 1.31. The van der Waals surface area contributed by atoms with Crippen LogP contribution in [0.25, 0.3) is 10.9 Å². The lowest BCUT2D eigenvalue weighted by atomic mass is 10.0. The van der Waals surface area contributed by atoms with Crippen molar-refractivity contribution < 1.29 is 0 Å². The van der Waals surface area contributed by atoms with Crippen molar-refractivity contribution in [1.29, 1.82) is 0 Å². The van der Waals surface area contributed by atoms with E-state index in [1.54, 1.807) is 11.3 Å². The topological polar surface area (TPSA) is 43.8 Å². The Morgan fingerprint density at radius 2 is 2.26 bits per heavy atom. The Bertz CT molecular complexity index is 668. The van der Waals surface area contributed by atoms with Crippen molar-refractivity contribution in [2.45, 2.75) is 25.9 Å². The van der Waals surface area contributed by atoms with Gasteiger partial charge >= 0.3 is 0 Å². The molecule has 0 radical (unpaired) electrons. The van der Waals surface area contributed by atoms with E-state index in [1.165, 1.54) is 21.3 Å². The predicted octanol–water partition coefficient (Wildman–Crippen LogP) is 3.04. The number of hydrogen-bond donors (Lipinski definition) is 1. The van der Waals surface area contributed by atoms with Gasteiger partial charge < -0.3 is 10.3 Å². The monoisotopic (exact) mass is 271 g/mol. The predicted molar refractivity (Wildman–Crippen MR) is 80.5 cm³/mol. The Hall–Kier alpha value is -1.65. The van der Waals surface area contributed by atoms with Crippen LogP contribution in [0.1, 0.15) is 17.4 Å². The molecule has 0 aliphatic rings. The molecule has 0 saturated carbocycles. The molecule has 0 spiro atoms. The van der Waals surface area contributed by atoms with Crippen molar-refractivity contribution in [3.05, 3.63) is 52.6 Å². The molecule has 2 N–H and O–H groups in total. The van der Waals surface area contributed by atoms with E-state index in [4.69, 9.17) is 5.73 Å². The van der Waals surface area contributed by atoms with Crippen LogP contribution in [-0.4, -0.2) is 15.6 Å². The number of rotatable bonds is 4. The van der Waals surface area contributed by atoms with Crippen LogP contribution in [0.2, 0.25) is 0 Å². The molecule has 4 heteroatoms. The van der Waals surface area contributed by atoms with Crippen LogP contribution in [0, 0.1) is 0 Å². The Labute approximate surface area is 116 Å². The van der Waals surface area contributed by atoms with Gasteiger partial charge in [0, 0.05) is 34.2 Å². The number of hydrogen-bond acceptors (Lipinski definition) is 3. The molecule has 0 aliphatic carbocycles. The average Bonchev–Trinajstić information content (AvgIpc) is 3.00. The van der Waals surface area contributed by atoms with E-state index < -0.39 is 0 Å². The number of aromatic nitrogens is 2. The second-order valence-electron chi connectivity index (χ2n) is 4.94. The Kier molecular flexibility index (Phi) is 3.36. The number of nitrogens with two attached hydrogens (primary N) is 1. The van der Waals surface area contributed by atoms with Gasteiger partial charge in [0.25, 0.3) is 0 Å². The molecule has 0 bridgehead atoms. The Morgan fingerprint density at radius 1 is 1.37 bits per heavy atom. The van der Waals surface area contributed by atoms with Crippen LogP contribution in [0.4, 0.5) is 0 Å². The van der Waals surface area contributed by atoms with Gasteiger partial charge in [-0.15, -0.1) is 11.3 Å². The molecule has 0 saturated heterocycles. The molecule has 19 heavy (non-hydrogen) atoms. The van der Waals surface area contributed by atoms with Crippen molar-refractivity contribution in [2.24, 2.45) is 5.73 Å². The van der Waals surface area contributed by atoms with E-state index in [1.807, 2.05) is 18.6 Å². The highest BCUT2D eigenvalue weighted by Gasteiger charge is 2.07.